The lowest BCUT2D eigenvalue weighted by Gasteiger charge is -2.37. The zero-order valence-electron chi connectivity index (χ0n) is 19.5. The Morgan fingerprint density at radius 1 is 1.00 bits per heavy atom. The molecule has 1 aliphatic heterocycles. The van der Waals surface area contributed by atoms with Gasteiger partial charge in [0, 0.05) is 39.9 Å². The van der Waals surface area contributed by atoms with Gasteiger partial charge in [0.15, 0.2) is 5.11 Å². The van der Waals surface area contributed by atoms with Gasteiger partial charge in [-0.15, -0.1) is 0 Å². The van der Waals surface area contributed by atoms with Crippen LogP contribution in [0.15, 0.2) is 48.7 Å². The minimum atomic E-state index is 0.0210. The SMILES string of the molecule is Cc1c([C@H]2[C@@H](c3ccccn3)NC(=S)N2C2CCCCC2)c(C)n(-c2cccc(Cl)c2)c1C. The van der Waals surface area contributed by atoms with Crippen LogP contribution in [0.3, 0.4) is 0 Å². The van der Waals surface area contributed by atoms with Crippen LogP contribution in [-0.4, -0.2) is 25.6 Å². The van der Waals surface area contributed by atoms with Gasteiger partial charge in [-0.2, -0.15) is 0 Å². The van der Waals surface area contributed by atoms with Crippen molar-refractivity contribution in [3.8, 4) is 5.69 Å². The molecule has 0 amide bonds. The lowest BCUT2D eigenvalue weighted by molar-refractivity contribution is 0.196. The van der Waals surface area contributed by atoms with E-state index in [1.165, 1.54) is 54.6 Å². The first-order valence-electron chi connectivity index (χ1n) is 11.9. The molecule has 172 valence electrons. The van der Waals surface area contributed by atoms with E-state index in [2.05, 4.69) is 53.8 Å². The molecule has 33 heavy (non-hydrogen) atoms. The standard InChI is InChI=1S/C27H31ClN4S/c1-17-18(2)31(22-13-9-10-20(28)16-22)19(3)24(17)26-25(23-14-7-8-15-29-23)30-27(33)32(26)21-11-5-4-6-12-21/h7-10,13-16,21,25-26H,4-6,11-12H2,1-3H3,(H,30,33)/t25-,26+/m1/s1. The highest BCUT2D eigenvalue weighted by Gasteiger charge is 2.45. The summed E-state index contributed by atoms with van der Waals surface area (Å²) >= 11 is 12.3. The summed E-state index contributed by atoms with van der Waals surface area (Å²) in [5.41, 5.74) is 7.28. The summed E-state index contributed by atoms with van der Waals surface area (Å²) in [6, 6.07) is 14.9. The average Bonchev–Trinajstić information content (AvgIpc) is 3.27. The molecular weight excluding hydrogens is 448 g/mol. The molecule has 5 rings (SSSR count). The van der Waals surface area contributed by atoms with Crippen LogP contribution in [0.5, 0.6) is 0 Å². The van der Waals surface area contributed by atoms with Gasteiger partial charge in [-0.05, 0) is 81.7 Å². The number of benzene rings is 1. The normalized spacial score (nSPS) is 21.5. The van der Waals surface area contributed by atoms with E-state index in [1.807, 2.05) is 30.5 Å². The Kier molecular flexibility index (Phi) is 6.19. The average molecular weight is 479 g/mol. The van der Waals surface area contributed by atoms with Crippen LogP contribution in [0.1, 0.15) is 72.4 Å². The smallest absolute Gasteiger partial charge is 0.170 e. The summed E-state index contributed by atoms with van der Waals surface area (Å²) in [4.78, 5) is 7.24. The molecule has 3 aromatic rings. The second kappa shape index (κ2) is 9.11. The number of aromatic nitrogens is 2. The fraction of sp³-hybridized carbons (Fsp3) is 0.407. The Morgan fingerprint density at radius 3 is 2.48 bits per heavy atom. The fourth-order valence-electron chi connectivity index (χ4n) is 5.87. The second-order valence-electron chi connectivity index (χ2n) is 9.35. The van der Waals surface area contributed by atoms with E-state index in [-0.39, 0.29) is 12.1 Å². The first-order valence-corrected chi connectivity index (χ1v) is 12.7. The topological polar surface area (TPSA) is 33.1 Å². The lowest BCUT2D eigenvalue weighted by Crippen LogP contribution is -2.40. The molecule has 6 heteroatoms. The summed E-state index contributed by atoms with van der Waals surface area (Å²) in [6.45, 7) is 6.68. The molecule has 0 unspecified atom stereocenters. The molecule has 1 aliphatic carbocycles. The van der Waals surface area contributed by atoms with Crippen molar-refractivity contribution in [3.63, 3.8) is 0 Å². The maximum absolute atomic E-state index is 6.36. The van der Waals surface area contributed by atoms with Gasteiger partial charge >= 0.3 is 0 Å². The number of nitrogens with one attached hydrogen (secondary N) is 1. The molecule has 2 fully saturated rings. The van der Waals surface area contributed by atoms with Crippen LogP contribution >= 0.6 is 23.8 Å². The minimum absolute atomic E-state index is 0.0210. The monoisotopic (exact) mass is 478 g/mol. The molecule has 0 spiro atoms. The number of rotatable bonds is 4. The first kappa shape index (κ1) is 22.4. The van der Waals surface area contributed by atoms with Gasteiger partial charge in [-0.25, -0.2) is 0 Å². The number of halogens is 1. The molecule has 1 saturated heterocycles. The van der Waals surface area contributed by atoms with E-state index in [0.717, 1.165) is 21.5 Å². The largest absolute Gasteiger partial charge is 0.352 e. The molecule has 1 aromatic carbocycles. The molecule has 1 saturated carbocycles. The Labute approximate surface area is 207 Å². The van der Waals surface area contributed by atoms with Crippen LogP contribution in [0.2, 0.25) is 5.02 Å². The zero-order valence-corrected chi connectivity index (χ0v) is 21.1. The second-order valence-corrected chi connectivity index (χ2v) is 10.2. The Bertz CT molecular complexity index is 1170. The van der Waals surface area contributed by atoms with Crippen molar-refractivity contribution in [2.24, 2.45) is 0 Å². The highest BCUT2D eigenvalue weighted by molar-refractivity contribution is 7.80. The third kappa shape index (κ3) is 3.95. The van der Waals surface area contributed by atoms with Crippen molar-refractivity contribution >= 4 is 28.9 Å². The summed E-state index contributed by atoms with van der Waals surface area (Å²) in [6.07, 6.45) is 8.12. The molecule has 2 atom stereocenters. The predicted octanol–water partition coefficient (Wildman–Crippen LogP) is 6.76. The summed E-state index contributed by atoms with van der Waals surface area (Å²) in [7, 11) is 0. The summed E-state index contributed by atoms with van der Waals surface area (Å²) < 4.78 is 2.34. The van der Waals surface area contributed by atoms with Crippen LogP contribution in [-0.2, 0) is 0 Å². The highest BCUT2D eigenvalue weighted by atomic mass is 35.5. The molecule has 1 N–H and O–H groups in total. The quantitative estimate of drug-likeness (QED) is 0.420. The van der Waals surface area contributed by atoms with E-state index >= 15 is 0 Å². The van der Waals surface area contributed by atoms with Gasteiger partial charge in [0.2, 0.25) is 0 Å². The van der Waals surface area contributed by atoms with Crippen molar-refractivity contribution in [2.75, 3.05) is 0 Å². The van der Waals surface area contributed by atoms with Crippen LogP contribution < -0.4 is 5.32 Å². The number of hydrogen-bond acceptors (Lipinski definition) is 2. The van der Waals surface area contributed by atoms with Crippen molar-refractivity contribution in [2.45, 2.75) is 71.0 Å². The highest BCUT2D eigenvalue weighted by Crippen LogP contribution is 2.46. The van der Waals surface area contributed by atoms with Gasteiger partial charge in [0.1, 0.15) is 0 Å². The minimum Gasteiger partial charge on any atom is -0.352 e. The van der Waals surface area contributed by atoms with Crippen molar-refractivity contribution in [1.82, 2.24) is 19.8 Å². The molecule has 0 radical (unpaired) electrons. The van der Waals surface area contributed by atoms with Crippen molar-refractivity contribution in [1.29, 1.82) is 0 Å². The maximum Gasteiger partial charge on any atom is 0.170 e. The van der Waals surface area contributed by atoms with Gasteiger partial charge in [0.05, 0.1) is 17.8 Å². The van der Waals surface area contributed by atoms with E-state index in [0.29, 0.717) is 6.04 Å². The molecule has 4 nitrogen and oxygen atoms in total. The Hall–Kier alpha value is -2.37. The van der Waals surface area contributed by atoms with Crippen molar-refractivity contribution < 1.29 is 0 Å². The first-order chi connectivity index (χ1) is 16.0. The van der Waals surface area contributed by atoms with E-state index in [9.17, 15) is 0 Å². The lowest BCUT2D eigenvalue weighted by atomic mass is 9.89. The Balaban J connectivity index is 1.67. The molecular formula is C27H31ClN4S. The molecule has 2 aromatic heterocycles. The molecule has 2 aliphatic rings. The third-order valence-electron chi connectivity index (χ3n) is 7.47. The number of hydrogen-bond donors (Lipinski definition) is 1. The number of thiocarbonyl (C=S) groups is 1. The van der Waals surface area contributed by atoms with Crippen molar-refractivity contribution in [3.05, 3.63) is 81.9 Å². The summed E-state index contributed by atoms with van der Waals surface area (Å²) in [5.74, 6) is 0. The van der Waals surface area contributed by atoms with E-state index in [4.69, 9.17) is 28.8 Å². The summed E-state index contributed by atoms with van der Waals surface area (Å²) in [5, 5.41) is 5.27. The molecule has 3 heterocycles. The van der Waals surface area contributed by atoms with Gasteiger partial charge in [-0.1, -0.05) is 43.0 Å². The number of nitrogens with zero attached hydrogens (tertiary/aromatic N) is 3. The van der Waals surface area contributed by atoms with Gasteiger partial charge < -0.3 is 14.8 Å². The number of pyridine rings is 1. The third-order valence-corrected chi connectivity index (χ3v) is 8.04. The van der Waals surface area contributed by atoms with Gasteiger partial charge in [-0.3, -0.25) is 4.98 Å². The Morgan fingerprint density at radius 2 is 1.79 bits per heavy atom. The molecule has 0 bridgehead atoms. The van der Waals surface area contributed by atoms with E-state index in [1.54, 1.807) is 0 Å². The van der Waals surface area contributed by atoms with Gasteiger partial charge in [0.25, 0.3) is 0 Å². The van der Waals surface area contributed by atoms with Crippen LogP contribution in [0, 0.1) is 20.8 Å². The fourth-order valence-corrected chi connectivity index (χ4v) is 6.45. The van der Waals surface area contributed by atoms with Crippen LogP contribution in [0.25, 0.3) is 5.69 Å². The van der Waals surface area contributed by atoms with Crippen LogP contribution in [0.4, 0.5) is 0 Å². The zero-order chi connectivity index (χ0) is 23.1. The predicted molar refractivity (Wildman–Crippen MR) is 139 cm³/mol. The maximum atomic E-state index is 6.36. The van der Waals surface area contributed by atoms with E-state index < -0.39 is 0 Å².